The number of carbonyl (C=O) groups excluding carboxylic acids is 3. The first-order valence-corrected chi connectivity index (χ1v) is 7.84. The number of fused-ring (bicyclic) bond motifs is 1. The van der Waals surface area contributed by atoms with Gasteiger partial charge in [-0.1, -0.05) is 15.9 Å². The third kappa shape index (κ3) is 3.72. The summed E-state index contributed by atoms with van der Waals surface area (Å²) >= 11 is 3.26. The molecule has 1 heterocycles. The van der Waals surface area contributed by atoms with Crippen LogP contribution in [0.3, 0.4) is 0 Å². The standard InChI is InChI=1S/C15H17BrN2O4/c1-2-22-7-3-6-17-13(19)9-18-14(20)11-5-4-10(16)8-12(11)15(18)21/h4-5,8H,2-3,6-7,9H2,1H3,(H,17,19). The lowest BCUT2D eigenvalue weighted by Gasteiger charge is -2.13. The minimum Gasteiger partial charge on any atom is -0.382 e. The highest BCUT2D eigenvalue weighted by Gasteiger charge is 2.36. The van der Waals surface area contributed by atoms with Crippen LogP contribution in [0.2, 0.25) is 0 Å². The largest absolute Gasteiger partial charge is 0.382 e. The van der Waals surface area contributed by atoms with Gasteiger partial charge in [-0.15, -0.1) is 0 Å². The molecule has 0 unspecified atom stereocenters. The summed E-state index contributed by atoms with van der Waals surface area (Å²) in [4.78, 5) is 37.2. The van der Waals surface area contributed by atoms with Gasteiger partial charge in [0.05, 0.1) is 11.1 Å². The molecule has 3 amide bonds. The van der Waals surface area contributed by atoms with Gasteiger partial charge >= 0.3 is 0 Å². The van der Waals surface area contributed by atoms with Crippen LogP contribution in [0.25, 0.3) is 0 Å². The predicted octanol–water partition coefficient (Wildman–Crippen LogP) is 1.59. The van der Waals surface area contributed by atoms with Crippen LogP contribution >= 0.6 is 15.9 Å². The Hall–Kier alpha value is -1.73. The molecule has 1 N–H and O–H groups in total. The Morgan fingerprint density at radius 2 is 2.00 bits per heavy atom. The first-order chi connectivity index (χ1) is 10.5. The molecule has 22 heavy (non-hydrogen) atoms. The summed E-state index contributed by atoms with van der Waals surface area (Å²) in [7, 11) is 0. The molecule has 0 saturated carbocycles. The average molecular weight is 369 g/mol. The SMILES string of the molecule is CCOCCCNC(=O)CN1C(=O)c2ccc(Br)cc2C1=O. The van der Waals surface area contributed by atoms with Crippen molar-refractivity contribution >= 4 is 33.7 Å². The maximum atomic E-state index is 12.2. The van der Waals surface area contributed by atoms with Crippen LogP contribution in [0.4, 0.5) is 0 Å². The Labute approximate surface area is 136 Å². The van der Waals surface area contributed by atoms with Crippen molar-refractivity contribution in [2.75, 3.05) is 26.3 Å². The van der Waals surface area contributed by atoms with E-state index in [0.717, 1.165) is 9.37 Å². The third-order valence-electron chi connectivity index (χ3n) is 3.23. The van der Waals surface area contributed by atoms with Gasteiger partial charge in [-0.3, -0.25) is 19.3 Å². The lowest BCUT2D eigenvalue weighted by atomic mass is 10.1. The molecule has 118 valence electrons. The Kier molecular flexibility index (Phi) is 5.68. The summed E-state index contributed by atoms with van der Waals surface area (Å²) in [6.45, 7) is 3.29. The van der Waals surface area contributed by atoms with E-state index in [1.165, 1.54) is 0 Å². The number of nitrogens with zero attached hydrogens (tertiary/aromatic N) is 1. The Balaban J connectivity index is 1.90. The van der Waals surface area contributed by atoms with E-state index in [1.807, 2.05) is 6.92 Å². The minimum absolute atomic E-state index is 0.265. The zero-order chi connectivity index (χ0) is 16.1. The molecule has 0 saturated heterocycles. The summed E-state index contributed by atoms with van der Waals surface area (Å²) in [5, 5.41) is 2.67. The van der Waals surface area contributed by atoms with Gasteiger partial charge in [0, 0.05) is 24.2 Å². The van der Waals surface area contributed by atoms with Crippen LogP contribution in [-0.4, -0.2) is 48.9 Å². The maximum Gasteiger partial charge on any atom is 0.262 e. The molecule has 0 atom stereocenters. The normalized spacial score (nSPS) is 13.5. The fourth-order valence-corrected chi connectivity index (χ4v) is 2.51. The molecule has 1 aliphatic heterocycles. The van der Waals surface area contributed by atoms with E-state index in [0.29, 0.717) is 37.3 Å². The van der Waals surface area contributed by atoms with E-state index in [4.69, 9.17) is 4.74 Å². The van der Waals surface area contributed by atoms with Crippen LogP contribution < -0.4 is 5.32 Å². The number of benzene rings is 1. The van der Waals surface area contributed by atoms with Gasteiger partial charge in [-0.2, -0.15) is 0 Å². The van der Waals surface area contributed by atoms with Gasteiger partial charge in [-0.05, 0) is 31.5 Å². The second kappa shape index (κ2) is 7.51. The molecule has 0 spiro atoms. The molecule has 1 aromatic rings. The van der Waals surface area contributed by atoms with Crippen molar-refractivity contribution in [1.82, 2.24) is 10.2 Å². The number of carbonyl (C=O) groups is 3. The molecule has 0 aromatic heterocycles. The second-order valence-electron chi connectivity index (χ2n) is 4.79. The number of halogens is 1. The summed E-state index contributed by atoms with van der Waals surface area (Å²) in [6.07, 6.45) is 0.689. The molecule has 6 nitrogen and oxygen atoms in total. The molecule has 7 heteroatoms. The molecule has 1 aromatic carbocycles. The molecule has 0 fully saturated rings. The van der Waals surface area contributed by atoms with Gasteiger partial charge in [0.25, 0.3) is 11.8 Å². The van der Waals surface area contributed by atoms with E-state index >= 15 is 0 Å². The fraction of sp³-hybridized carbons (Fsp3) is 0.400. The van der Waals surface area contributed by atoms with Gasteiger partial charge < -0.3 is 10.1 Å². The van der Waals surface area contributed by atoms with Gasteiger partial charge in [-0.25, -0.2) is 0 Å². The highest BCUT2D eigenvalue weighted by Crippen LogP contribution is 2.25. The van der Waals surface area contributed by atoms with E-state index in [9.17, 15) is 14.4 Å². The van der Waals surface area contributed by atoms with Crippen LogP contribution in [0.5, 0.6) is 0 Å². The summed E-state index contributed by atoms with van der Waals surface area (Å²) < 4.78 is 5.88. The van der Waals surface area contributed by atoms with Crippen LogP contribution in [0.1, 0.15) is 34.1 Å². The summed E-state index contributed by atoms with van der Waals surface area (Å²) in [6, 6.07) is 4.87. The third-order valence-corrected chi connectivity index (χ3v) is 3.72. The van der Waals surface area contributed by atoms with Crippen molar-refractivity contribution in [1.29, 1.82) is 0 Å². The van der Waals surface area contributed by atoms with E-state index in [1.54, 1.807) is 18.2 Å². The molecule has 2 rings (SSSR count). The molecule has 0 radical (unpaired) electrons. The Bertz CT molecular complexity index is 603. The number of amides is 3. The van der Waals surface area contributed by atoms with Crippen molar-refractivity contribution in [3.8, 4) is 0 Å². The van der Waals surface area contributed by atoms with Gasteiger partial charge in [0.2, 0.25) is 5.91 Å². The van der Waals surface area contributed by atoms with Crippen molar-refractivity contribution in [2.45, 2.75) is 13.3 Å². The molecule has 0 aliphatic carbocycles. The number of imide groups is 1. The molecule has 0 bridgehead atoms. The highest BCUT2D eigenvalue weighted by molar-refractivity contribution is 9.10. The van der Waals surface area contributed by atoms with Gasteiger partial charge in [0.15, 0.2) is 0 Å². The quantitative estimate of drug-likeness (QED) is 0.585. The smallest absolute Gasteiger partial charge is 0.262 e. The number of hydrogen-bond donors (Lipinski definition) is 1. The molecule has 1 aliphatic rings. The first-order valence-electron chi connectivity index (χ1n) is 7.04. The topological polar surface area (TPSA) is 75.7 Å². The lowest BCUT2D eigenvalue weighted by Crippen LogP contribution is -2.40. The predicted molar refractivity (Wildman–Crippen MR) is 83.6 cm³/mol. The Morgan fingerprint density at radius 1 is 1.27 bits per heavy atom. The highest BCUT2D eigenvalue weighted by atomic mass is 79.9. The van der Waals surface area contributed by atoms with Crippen LogP contribution in [0.15, 0.2) is 22.7 Å². The van der Waals surface area contributed by atoms with Crippen molar-refractivity contribution < 1.29 is 19.1 Å². The summed E-state index contributed by atoms with van der Waals surface area (Å²) in [5.41, 5.74) is 0.654. The van der Waals surface area contributed by atoms with E-state index in [2.05, 4.69) is 21.2 Å². The second-order valence-corrected chi connectivity index (χ2v) is 5.70. The van der Waals surface area contributed by atoms with E-state index in [-0.39, 0.29) is 12.5 Å². The maximum absolute atomic E-state index is 12.2. The fourth-order valence-electron chi connectivity index (χ4n) is 2.15. The number of ether oxygens (including phenoxy) is 1. The van der Waals surface area contributed by atoms with E-state index < -0.39 is 11.8 Å². The minimum atomic E-state index is -0.439. The number of hydrogen-bond acceptors (Lipinski definition) is 4. The Morgan fingerprint density at radius 3 is 2.73 bits per heavy atom. The van der Waals surface area contributed by atoms with Crippen molar-refractivity contribution in [2.24, 2.45) is 0 Å². The zero-order valence-electron chi connectivity index (χ0n) is 12.2. The van der Waals surface area contributed by atoms with Crippen LogP contribution in [0, 0.1) is 0 Å². The lowest BCUT2D eigenvalue weighted by molar-refractivity contribution is -0.121. The number of rotatable bonds is 7. The van der Waals surface area contributed by atoms with Crippen LogP contribution in [-0.2, 0) is 9.53 Å². The summed E-state index contributed by atoms with van der Waals surface area (Å²) in [5.74, 6) is -1.23. The molecular weight excluding hydrogens is 352 g/mol. The van der Waals surface area contributed by atoms with Crippen molar-refractivity contribution in [3.63, 3.8) is 0 Å². The first kappa shape index (κ1) is 16.6. The average Bonchev–Trinajstić information content (AvgIpc) is 2.72. The van der Waals surface area contributed by atoms with Gasteiger partial charge in [0.1, 0.15) is 6.54 Å². The number of nitrogens with one attached hydrogen (secondary N) is 1. The molecular formula is C15H17BrN2O4. The monoisotopic (exact) mass is 368 g/mol. The van der Waals surface area contributed by atoms with Crippen molar-refractivity contribution in [3.05, 3.63) is 33.8 Å². The zero-order valence-corrected chi connectivity index (χ0v) is 13.8.